The quantitative estimate of drug-likeness (QED) is 0.894. The topological polar surface area (TPSA) is 71.3 Å². The van der Waals surface area contributed by atoms with E-state index in [-0.39, 0.29) is 11.8 Å². The van der Waals surface area contributed by atoms with E-state index in [0.717, 1.165) is 34.1 Å². The second kappa shape index (κ2) is 5.48. The molecule has 1 aromatic heterocycles. The predicted molar refractivity (Wildman–Crippen MR) is 83.9 cm³/mol. The van der Waals surface area contributed by atoms with Gasteiger partial charge in [0.1, 0.15) is 11.6 Å². The number of carbonyl (C=O) groups is 2. The molecule has 22 heavy (non-hydrogen) atoms. The molecule has 1 unspecified atom stereocenters. The number of amides is 2. The van der Waals surface area contributed by atoms with Crippen molar-refractivity contribution in [2.24, 2.45) is 0 Å². The van der Waals surface area contributed by atoms with Gasteiger partial charge in [0.2, 0.25) is 5.91 Å². The maximum atomic E-state index is 12.5. The summed E-state index contributed by atoms with van der Waals surface area (Å²) in [6.45, 7) is 6.54. The number of carbonyl (C=O) groups excluding carboxylic acids is 2. The second-order valence-electron chi connectivity index (χ2n) is 5.90. The Morgan fingerprint density at radius 1 is 1.27 bits per heavy atom. The minimum Gasteiger partial charge on any atom is -0.450 e. The van der Waals surface area contributed by atoms with Gasteiger partial charge in [0.05, 0.1) is 0 Å². The number of benzene rings is 1. The molecule has 0 bridgehead atoms. The van der Waals surface area contributed by atoms with Crippen molar-refractivity contribution in [3.8, 4) is 0 Å². The first-order valence-electron chi connectivity index (χ1n) is 7.57. The molecular formula is C17H20N2O3. The van der Waals surface area contributed by atoms with Gasteiger partial charge in [0.25, 0.3) is 5.91 Å². The number of furan rings is 1. The van der Waals surface area contributed by atoms with Crippen LogP contribution >= 0.6 is 0 Å². The zero-order chi connectivity index (χ0) is 15.9. The molecule has 1 fully saturated rings. The smallest absolute Gasteiger partial charge is 0.287 e. The molecule has 5 heteroatoms. The molecule has 1 aliphatic heterocycles. The van der Waals surface area contributed by atoms with E-state index in [0.29, 0.717) is 18.7 Å². The molecule has 116 valence electrons. The van der Waals surface area contributed by atoms with Crippen LogP contribution in [0.15, 0.2) is 16.5 Å². The zero-order valence-electron chi connectivity index (χ0n) is 13.1. The van der Waals surface area contributed by atoms with Crippen molar-refractivity contribution >= 4 is 22.8 Å². The molecule has 1 aromatic carbocycles. The highest BCUT2D eigenvalue weighted by Gasteiger charge is 2.27. The molecule has 2 heterocycles. The number of fused-ring (bicyclic) bond motifs is 1. The third-order valence-electron chi connectivity index (χ3n) is 4.42. The van der Waals surface area contributed by atoms with Gasteiger partial charge in [-0.3, -0.25) is 9.59 Å². The highest BCUT2D eigenvalue weighted by atomic mass is 16.3. The first-order chi connectivity index (χ1) is 10.5. The average Bonchev–Trinajstić information content (AvgIpc) is 2.83. The summed E-state index contributed by atoms with van der Waals surface area (Å²) in [7, 11) is 0. The van der Waals surface area contributed by atoms with E-state index in [1.165, 1.54) is 0 Å². The minimum absolute atomic E-state index is 0.125. The Labute approximate surface area is 129 Å². The fourth-order valence-corrected chi connectivity index (χ4v) is 2.87. The Morgan fingerprint density at radius 2 is 2.05 bits per heavy atom. The van der Waals surface area contributed by atoms with E-state index in [1.54, 1.807) is 0 Å². The molecule has 1 atom stereocenters. The number of nitrogens with one attached hydrogen (secondary N) is 2. The number of piperidine rings is 1. The van der Waals surface area contributed by atoms with Gasteiger partial charge in [-0.1, -0.05) is 12.1 Å². The molecule has 2 N–H and O–H groups in total. The molecular weight excluding hydrogens is 280 g/mol. The fourth-order valence-electron chi connectivity index (χ4n) is 2.87. The average molecular weight is 300 g/mol. The van der Waals surface area contributed by atoms with Crippen LogP contribution in [-0.2, 0) is 4.79 Å². The Bertz CT molecular complexity index is 761. The largest absolute Gasteiger partial charge is 0.450 e. The summed E-state index contributed by atoms with van der Waals surface area (Å²) in [6.07, 6.45) is 1.53. The molecule has 0 spiro atoms. The molecule has 3 rings (SSSR count). The van der Waals surface area contributed by atoms with E-state index >= 15 is 0 Å². The normalized spacial score (nSPS) is 18.3. The standard InChI is InChI=1S/C17H20N2O3/c1-9-6-7-12-11(3)15(22-14(12)10(9)2)17(21)19-13-5-4-8-18-16(13)20/h6-7,13H,4-5,8H2,1-3H3,(H,18,20)(H,19,21). The van der Waals surface area contributed by atoms with Gasteiger partial charge in [0.15, 0.2) is 5.76 Å². The van der Waals surface area contributed by atoms with Gasteiger partial charge in [-0.05, 0) is 44.7 Å². The van der Waals surface area contributed by atoms with E-state index in [1.807, 2.05) is 32.9 Å². The summed E-state index contributed by atoms with van der Waals surface area (Å²) < 4.78 is 5.81. The first kappa shape index (κ1) is 14.6. The lowest BCUT2D eigenvalue weighted by Crippen LogP contribution is -2.50. The van der Waals surface area contributed by atoms with Gasteiger partial charge in [-0.15, -0.1) is 0 Å². The van der Waals surface area contributed by atoms with Gasteiger partial charge in [-0.25, -0.2) is 0 Å². The lowest BCUT2D eigenvalue weighted by atomic mass is 10.0. The highest BCUT2D eigenvalue weighted by Crippen LogP contribution is 2.29. The van der Waals surface area contributed by atoms with Crippen LogP contribution in [0.4, 0.5) is 0 Å². The molecule has 2 amide bonds. The number of hydrogen-bond donors (Lipinski definition) is 2. The van der Waals surface area contributed by atoms with E-state index in [2.05, 4.69) is 10.6 Å². The van der Waals surface area contributed by atoms with Crippen molar-refractivity contribution < 1.29 is 14.0 Å². The summed E-state index contributed by atoms with van der Waals surface area (Å²) >= 11 is 0. The summed E-state index contributed by atoms with van der Waals surface area (Å²) in [5.74, 6) is -0.157. The van der Waals surface area contributed by atoms with Crippen LogP contribution in [-0.4, -0.2) is 24.4 Å². The Balaban J connectivity index is 1.92. The Kier molecular flexibility index (Phi) is 3.64. The zero-order valence-corrected chi connectivity index (χ0v) is 13.1. The Hall–Kier alpha value is -2.30. The van der Waals surface area contributed by atoms with Crippen molar-refractivity contribution in [2.45, 2.75) is 39.7 Å². The van der Waals surface area contributed by atoms with Crippen molar-refractivity contribution in [1.29, 1.82) is 0 Å². The van der Waals surface area contributed by atoms with Crippen LogP contribution in [0.25, 0.3) is 11.0 Å². The van der Waals surface area contributed by atoms with Gasteiger partial charge in [0, 0.05) is 17.5 Å². The van der Waals surface area contributed by atoms with Crippen molar-refractivity contribution in [3.05, 3.63) is 34.6 Å². The van der Waals surface area contributed by atoms with Crippen LogP contribution in [0.2, 0.25) is 0 Å². The van der Waals surface area contributed by atoms with Gasteiger partial charge < -0.3 is 15.1 Å². The van der Waals surface area contributed by atoms with Crippen molar-refractivity contribution in [2.75, 3.05) is 6.54 Å². The molecule has 0 saturated carbocycles. The number of rotatable bonds is 2. The summed E-state index contributed by atoms with van der Waals surface area (Å²) in [4.78, 5) is 24.2. The van der Waals surface area contributed by atoms with Crippen LogP contribution in [0.1, 0.15) is 40.1 Å². The van der Waals surface area contributed by atoms with Crippen molar-refractivity contribution in [3.63, 3.8) is 0 Å². The van der Waals surface area contributed by atoms with Crippen LogP contribution in [0.3, 0.4) is 0 Å². The third-order valence-corrected chi connectivity index (χ3v) is 4.42. The maximum Gasteiger partial charge on any atom is 0.287 e. The van der Waals surface area contributed by atoms with Gasteiger partial charge >= 0.3 is 0 Å². The predicted octanol–water partition coefficient (Wildman–Crippen LogP) is 2.37. The second-order valence-corrected chi connectivity index (χ2v) is 5.90. The van der Waals surface area contributed by atoms with Crippen LogP contribution in [0, 0.1) is 20.8 Å². The van der Waals surface area contributed by atoms with E-state index in [4.69, 9.17) is 4.42 Å². The van der Waals surface area contributed by atoms with Crippen LogP contribution in [0.5, 0.6) is 0 Å². The van der Waals surface area contributed by atoms with E-state index in [9.17, 15) is 9.59 Å². The summed E-state index contributed by atoms with van der Waals surface area (Å²) in [5, 5.41) is 6.48. The van der Waals surface area contributed by atoms with Crippen LogP contribution < -0.4 is 10.6 Å². The monoisotopic (exact) mass is 300 g/mol. The molecule has 1 aliphatic rings. The molecule has 2 aromatic rings. The minimum atomic E-state index is -0.475. The first-order valence-corrected chi connectivity index (χ1v) is 7.57. The molecule has 5 nitrogen and oxygen atoms in total. The number of aryl methyl sites for hydroxylation is 3. The third kappa shape index (κ3) is 2.36. The summed E-state index contributed by atoms with van der Waals surface area (Å²) in [6, 6.07) is 3.52. The lowest BCUT2D eigenvalue weighted by molar-refractivity contribution is -0.124. The summed E-state index contributed by atoms with van der Waals surface area (Å²) in [5.41, 5.74) is 3.72. The molecule has 0 aliphatic carbocycles. The Morgan fingerprint density at radius 3 is 2.77 bits per heavy atom. The number of hydrogen-bond acceptors (Lipinski definition) is 3. The highest BCUT2D eigenvalue weighted by molar-refractivity contribution is 6.01. The van der Waals surface area contributed by atoms with E-state index < -0.39 is 6.04 Å². The molecule has 1 saturated heterocycles. The lowest BCUT2D eigenvalue weighted by Gasteiger charge is -2.22. The van der Waals surface area contributed by atoms with Gasteiger partial charge in [-0.2, -0.15) is 0 Å². The van der Waals surface area contributed by atoms with Crippen molar-refractivity contribution in [1.82, 2.24) is 10.6 Å². The molecule has 0 radical (unpaired) electrons. The SMILES string of the molecule is Cc1ccc2c(C)c(C(=O)NC3CCCNC3=O)oc2c1C. The fraction of sp³-hybridized carbons (Fsp3) is 0.412. The maximum absolute atomic E-state index is 12.5.